The highest BCUT2D eigenvalue weighted by molar-refractivity contribution is 7.13. The van der Waals surface area contributed by atoms with Crippen molar-refractivity contribution in [1.29, 1.82) is 0 Å². The van der Waals surface area contributed by atoms with Crippen LogP contribution in [-0.4, -0.2) is 41.2 Å². The third-order valence-corrected chi connectivity index (χ3v) is 5.97. The van der Waals surface area contributed by atoms with Gasteiger partial charge in [-0.2, -0.15) is 0 Å². The Hall–Kier alpha value is -3.39. The number of aromatic nitrogens is 3. The minimum Gasteiger partial charge on any atom is -0.493 e. The lowest BCUT2D eigenvalue weighted by Gasteiger charge is -2.08. The number of carbonyl (C=O) groups is 1. The molecule has 0 aliphatic heterocycles. The molecule has 0 bridgehead atoms. The normalized spacial score (nSPS) is 10.9. The fourth-order valence-electron chi connectivity index (χ4n) is 3.50. The van der Waals surface area contributed by atoms with Crippen LogP contribution in [0.15, 0.2) is 47.8 Å². The number of thiazole rings is 1. The molecule has 0 fully saturated rings. The molecular weight excluding hydrogens is 412 g/mol. The van der Waals surface area contributed by atoms with Crippen LogP contribution in [0.3, 0.4) is 0 Å². The Kier molecular flexibility index (Phi) is 6.18. The second-order valence-electron chi connectivity index (χ2n) is 7.04. The van der Waals surface area contributed by atoms with E-state index in [1.165, 1.54) is 11.3 Å². The van der Waals surface area contributed by atoms with Crippen molar-refractivity contribution < 1.29 is 14.3 Å². The van der Waals surface area contributed by atoms with Crippen molar-refractivity contribution in [3.8, 4) is 22.1 Å². The summed E-state index contributed by atoms with van der Waals surface area (Å²) in [5, 5.41) is 5.74. The van der Waals surface area contributed by atoms with Crippen LogP contribution < -0.4 is 14.8 Å². The van der Waals surface area contributed by atoms with Gasteiger partial charge in [-0.25, -0.2) is 9.97 Å². The molecule has 0 aliphatic carbocycles. The van der Waals surface area contributed by atoms with Gasteiger partial charge in [-0.3, -0.25) is 4.79 Å². The van der Waals surface area contributed by atoms with Gasteiger partial charge in [0, 0.05) is 24.0 Å². The van der Waals surface area contributed by atoms with Gasteiger partial charge in [0.25, 0.3) is 0 Å². The molecule has 0 saturated heterocycles. The number of imidazole rings is 1. The van der Waals surface area contributed by atoms with E-state index in [4.69, 9.17) is 9.47 Å². The summed E-state index contributed by atoms with van der Waals surface area (Å²) in [6, 6.07) is 13.7. The van der Waals surface area contributed by atoms with Crippen molar-refractivity contribution in [2.75, 3.05) is 20.8 Å². The summed E-state index contributed by atoms with van der Waals surface area (Å²) in [5.74, 6) is 2.21. The number of nitrogens with one attached hydrogen (secondary N) is 1. The van der Waals surface area contributed by atoms with Gasteiger partial charge in [0.05, 0.1) is 37.4 Å². The molecule has 2 aromatic carbocycles. The lowest BCUT2D eigenvalue weighted by molar-refractivity contribution is -0.120. The lowest BCUT2D eigenvalue weighted by atomic mass is 10.2. The monoisotopic (exact) mass is 436 g/mol. The summed E-state index contributed by atoms with van der Waals surface area (Å²) in [6.45, 7) is 3.19. The van der Waals surface area contributed by atoms with Crippen LogP contribution in [-0.2, 0) is 17.8 Å². The van der Waals surface area contributed by atoms with E-state index in [1.807, 2.05) is 54.8 Å². The fraction of sp³-hybridized carbons (Fsp3) is 0.261. The highest BCUT2D eigenvalue weighted by Crippen LogP contribution is 2.33. The molecule has 160 valence electrons. The van der Waals surface area contributed by atoms with Gasteiger partial charge < -0.3 is 19.4 Å². The van der Waals surface area contributed by atoms with Gasteiger partial charge >= 0.3 is 0 Å². The number of amides is 1. The Balaban J connectivity index is 1.35. The van der Waals surface area contributed by atoms with E-state index in [-0.39, 0.29) is 12.3 Å². The van der Waals surface area contributed by atoms with E-state index >= 15 is 0 Å². The molecule has 0 aliphatic rings. The molecule has 0 unspecified atom stereocenters. The van der Waals surface area contributed by atoms with Crippen molar-refractivity contribution in [1.82, 2.24) is 19.9 Å². The molecule has 1 amide bonds. The van der Waals surface area contributed by atoms with Gasteiger partial charge in [-0.05, 0) is 37.3 Å². The smallest absolute Gasteiger partial charge is 0.226 e. The van der Waals surface area contributed by atoms with E-state index in [0.717, 1.165) is 33.1 Å². The van der Waals surface area contributed by atoms with Gasteiger partial charge in [0.1, 0.15) is 10.8 Å². The minimum atomic E-state index is -0.0498. The maximum absolute atomic E-state index is 12.4. The summed E-state index contributed by atoms with van der Waals surface area (Å²) >= 11 is 1.50. The SMILES string of the molecule is COc1ccc(-c2nc(CC(=O)NCCn3c(C)nc4ccccc43)cs2)cc1OC. The van der Waals surface area contributed by atoms with E-state index in [0.29, 0.717) is 24.6 Å². The van der Waals surface area contributed by atoms with Crippen LogP contribution in [0.5, 0.6) is 11.5 Å². The molecule has 4 rings (SSSR count). The summed E-state index contributed by atoms with van der Waals surface area (Å²) in [5.41, 5.74) is 3.72. The Morgan fingerprint density at radius 1 is 1.10 bits per heavy atom. The molecule has 7 nitrogen and oxygen atoms in total. The zero-order chi connectivity index (χ0) is 21.8. The second kappa shape index (κ2) is 9.18. The van der Waals surface area contributed by atoms with Crippen LogP contribution in [0.4, 0.5) is 0 Å². The number of aryl methyl sites for hydroxylation is 1. The number of benzene rings is 2. The number of methoxy groups -OCH3 is 2. The Morgan fingerprint density at radius 2 is 1.90 bits per heavy atom. The Morgan fingerprint density at radius 3 is 2.71 bits per heavy atom. The lowest BCUT2D eigenvalue weighted by Crippen LogP contribution is -2.28. The van der Waals surface area contributed by atoms with Crippen LogP contribution >= 0.6 is 11.3 Å². The first kappa shape index (κ1) is 20.9. The Bertz CT molecular complexity index is 1210. The highest BCUT2D eigenvalue weighted by atomic mass is 32.1. The van der Waals surface area contributed by atoms with Gasteiger partial charge in [0.2, 0.25) is 5.91 Å². The number of nitrogens with zero attached hydrogens (tertiary/aromatic N) is 3. The molecule has 1 N–H and O–H groups in total. The first-order chi connectivity index (χ1) is 15.1. The summed E-state index contributed by atoms with van der Waals surface area (Å²) < 4.78 is 12.8. The summed E-state index contributed by atoms with van der Waals surface area (Å²) in [4.78, 5) is 21.6. The highest BCUT2D eigenvalue weighted by Gasteiger charge is 2.12. The van der Waals surface area contributed by atoms with E-state index < -0.39 is 0 Å². The van der Waals surface area contributed by atoms with Crippen LogP contribution in [0.25, 0.3) is 21.6 Å². The molecule has 8 heteroatoms. The standard InChI is InChI=1S/C23H24N4O3S/c1-15-25-18-6-4-5-7-19(18)27(15)11-10-24-22(28)13-17-14-31-23(26-17)16-8-9-20(29-2)21(12-16)30-3/h4-9,12,14H,10-11,13H2,1-3H3,(H,24,28). The zero-order valence-electron chi connectivity index (χ0n) is 17.7. The number of carbonyl (C=O) groups excluding carboxylic acids is 1. The average molecular weight is 437 g/mol. The zero-order valence-corrected chi connectivity index (χ0v) is 18.5. The second-order valence-corrected chi connectivity index (χ2v) is 7.90. The van der Waals surface area contributed by atoms with E-state index in [2.05, 4.69) is 19.9 Å². The number of rotatable bonds is 8. The molecule has 0 spiro atoms. The predicted molar refractivity (Wildman–Crippen MR) is 122 cm³/mol. The molecule has 0 atom stereocenters. The average Bonchev–Trinajstić information content (AvgIpc) is 3.37. The minimum absolute atomic E-state index is 0.0498. The van der Waals surface area contributed by atoms with Crippen LogP contribution in [0, 0.1) is 6.92 Å². The topological polar surface area (TPSA) is 78.3 Å². The number of hydrogen-bond donors (Lipinski definition) is 1. The largest absolute Gasteiger partial charge is 0.493 e. The van der Waals surface area contributed by atoms with Gasteiger partial charge in [-0.1, -0.05) is 12.1 Å². The molecule has 4 aromatic rings. The van der Waals surface area contributed by atoms with Crippen molar-refractivity contribution in [2.45, 2.75) is 19.9 Å². The van der Waals surface area contributed by atoms with Crippen molar-refractivity contribution in [3.05, 3.63) is 59.4 Å². The van der Waals surface area contributed by atoms with Gasteiger partial charge in [0.15, 0.2) is 11.5 Å². The maximum atomic E-state index is 12.4. The molecule has 2 heterocycles. The molecule has 31 heavy (non-hydrogen) atoms. The first-order valence-electron chi connectivity index (χ1n) is 9.94. The van der Waals surface area contributed by atoms with Crippen molar-refractivity contribution in [2.24, 2.45) is 0 Å². The van der Waals surface area contributed by atoms with Crippen LogP contribution in [0.1, 0.15) is 11.5 Å². The molecule has 0 saturated carbocycles. The Labute approximate surface area is 184 Å². The number of ether oxygens (including phenoxy) is 2. The molecule has 0 radical (unpaired) electrons. The van der Waals surface area contributed by atoms with Crippen LogP contribution in [0.2, 0.25) is 0 Å². The summed E-state index contributed by atoms with van der Waals surface area (Å²) in [6.07, 6.45) is 0.244. The summed E-state index contributed by atoms with van der Waals surface area (Å²) in [7, 11) is 3.21. The molecule has 2 aromatic heterocycles. The maximum Gasteiger partial charge on any atom is 0.226 e. The van der Waals surface area contributed by atoms with Crippen molar-refractivity contribution >= 4 is 28.3 Å². The third kappa shape index (κ3) is 4.54. The van der Waals surface area contributed by atoms with E-state index in [9.17, 15) is 4.79 Å². The van der Waals surface area contributed by atoms with E-state index in [1.54, 1.807) is 14.2 Å². The number of para-hydroxylation sites is 2. The number of hydrogen-bond acceptors (Lipinski definition) is 6. The predicted octanol–water partition coefficient (Wildman–Crippen LogP) is 3.84. The fourth-order valence-corrected chi connectivity index (χ4v) is 4.32. The number of fused-ring (bicyclic) bond motifs is 1. The molecular formula is C23H24N4O3S. The quantitative estimate of drug-likeness (QED) is 0.454. The van der Waals surface area contributed by atoms with Gasteiger partial charge in [-0.15, -0.1) is 11.3 Å². The first-order valence-corrected chi connectivity index (χ1v) is 10.8. The van der Waals surface area contributed by atoms with Crippen molar-refractivity contribution in [3.63, 3.8) is 0 Å². The third-order valence-electron chi connectivity index (χ3n) is 5.03.